The van der Waals surface area contributed by atoms with E-state index in [0.29, 0.717) is 11.3 Å². The molecule has 0 fully saturated rings. The van der Waals surface area contributed by atoms with Crippen molar-refractivity contribution in [3.05, 3.63) is 56.2 Å². The maximum atomic E-state index is 14.2. The zero-order valence-electron chi connectivity index (χ0n) is 10.5. The summed E-state index contributed by atoms with van der Waals surface area (Å²) in [5.41, 5.74) is 6.54. The summed E-state index contributed by atoms with van der Waals surface area (Å²) in [5, 5.41) is 7.36. The van der Waals surface area contributed by atoms with E-state index >= 15 is 0 Å². The molecule has 0 saturated carbocycles. The Balaban J connectivity index is 2.39. The van der Waals surface area contributed by atoms with Crippen LogP contribution >= 0.6 is 31.9 Å². The second-order valence-corrected chi connectivity index (χ2v) is 5.87. The molecular weight excluding hydrogens is 391 g/mol. The highest BCUT2D eigenvalue weighted by molar-refractivity contribution is 9.10. The third-order valence-corrected chi connectivity index (χ3v) is 3.96. The molecule has 0 bridgehead atoms. The molecular formula is C14H11Br2FN2O. The van der Waals surface area contributed by atoms with E-state index in [9.17, 15) is 4.39 Å². The van der Waals surface area contributed by atoms with Crippen molar-refractivity contribution in [1.29, 1.82) is 5.41 Å². The van der Waals surface area contributed by atoms with Crippen LogP contribution in [0.2, 0.25) is 0 Å². The van der Waals surface area contributed by atoms with Crippen LogP contribution in [0, 0.1) is 18.2 Å². The van der Waals surface area contributed by atoms with Crippen molar-refractivity contribution in [1.82, 2.24) is 0 Å². The summed E-state index contributed by atoms with van der Waals surface area (Å²) in [6.45, 7) is 1.87. The molecule has 2 aromatic rings. The minimum Gasteiger partial charge on any atom is -0.454 e. The van der Waals surface area contributed by atoms with E-state index in [4.69, 9.17) is 15.9 Å². The van der Waals surface area contributed by atoms with Gasteiger partial charge in [-0.3, -0.25) is 5.41 Å². The van der Waals surface area contributed by atoms with Crippen LogP contribution in [-0.2, 0) is 0 Å². The summed E-state index contributed by atoms with van der Waals surface area (Å²) in [5.74, 6) is -0.149. The molecule has 20 heavy (non-hydrogen) atoms. The van der Waals surface area contributed by atoms with E-state index in [1.54, 1.807) is 12.1 Å². The van der Waals surface area contributed by atoms with Crippen molar-refractivity contribution >= 4 is 37.7 Å². The highest BCUT2D eigenvalue weighted by atomic mass is 79.9. The van der Waals surface area contributed by atoms with Crippen LogP contribution in [0.1, 0.15) is 11.1 Å². The molecule has 2 aromatic carbocycles. The molecule has 0 unspecified atom stereocenters. The molecule has 3 N–H and O–H groups in total. The fourth-order valence-corrected chi connectivity index (χ4v) is 2.68. The van der Waals surface area contributed by atoms with Crippen molar-refractivity contribution in [2.24, 2.45) is 5.73 Å². The van der Waals surface area contributed by atoms with Crippen molar-refractivity contribution in [3.8, 4) is 11.5 Å². The molecule has 2 rings (SSSR count). The number of hydrogen-bond donors (Lipinski definition) is 2. The first kappa shape index (κ1) is 15.0. The lowest BCUT2D eigenvalue weighted by molar-refractivity contribution is 0.437. The lowest BCUT2D eigenvalue weighted by Gasteiger charge is -2.12. The van der Waals surface area contributed by atoms with Crippen LogP contribution < -0.4 is 10.5 Å². The van der Waals surface area contributed by atoms with E-state index in [0.717, 1.165) is 10.0 Å². The topological polar surface area (TPSA) is 59.1 Å². The molecule has 0 saturated heterocycles. The Bertz CT molecular complexity index is 689. The molecule has 0 aliphatic carbocycles. The molecule has 0 atom stereocenters. The van der Waals surface area contributed by atoms with Gasteiger partial charge in [0.15, 0.2) is 11.6 Å². The predicted octanol–water partition coefficient (Wildman–Crippen LogP) is 4.74. The standard InChI is InChI=1S/C14H11Br2FN2O/c1-7-6-8(15)2-4-10(7)20-11-5-3-9(14(18)19)12(16)13(11)17/h2-6H,1H3,(H3,18,19). The zero-order chi connectivity index (χ0) is 14.9. The van der Waals surface area contributed by atoms with Gasteiger partial charge < -0.3 is 10.5 Å². The van der Waals surface area contributed by atoms with Gasteiger partial charge in [-0.1, -0.05) is 15.9 Å². The fraction of sp³-hybridized carbons (Fsp3) is 0.0714. The van der Waals surface area contributed by atoms with Gasteiger partial charge in [0.25, 0.3) is 0 Å². The minimum atomic E-state index is -0.583. The van der Waals surface area contributed by atoms with Gasteiger partial charge in [0.05, 0.1) is 4.47 Å². The molecule has 0 spiro atoms. The summed E-state index contributed by atoms with van der Waals surface area (Å²) in [7, 11) is 0. The van der Waals surface area contributed by atoms with Gasteiger partial charge in [-0.2, -0.15) is 0 Å². The molecule has 3 nitrogen and oxygen atoms in total. The van der Waals surface area contributed by atoms with E-state index in [1.165, 1.54) is 6.07 Å². The van der Waals surface area contributed by atoms with Crippen molar-refractivity contribution < 1.29 is 9.13 Å². The van der Waals surface area contributed by atoms with Crippen LogP contribution in [0.4, 0.5) is 4.39 Å². The Labute approximate surface area is 132 Å². The molecule has 0 aliphatic heterocycles. The third kappa shape index (κ3) is 3.02. The number of ether oxygens (including phenoxy) is 1. The number of rotatable bonds is 3. The van der Waals surface area contributed by atoms with Gasteiger partial charge in [0.1, 0.15) is 11.6 Å². The first-order chi connectivity index (χ1) is 9.40. The van der Waals surface area contributed by atoms with Gasteiger partial charge in [-0.25, -0.2) is 4.39 Å². The van der Waals surface area contributed by atoms with Crippen molar-refractivity contribution in [2.75, 3.05) is 0 Å². The number of aryl methyl sites for hydroxylation is 1. The predicted molar refractivity (Wildman–Crippen MR) is 84.1 cm³/mol. The largest absolute Gasteiger partial charge is 0.454 e. The Hall–Kier alpha value is -1.40. The lowest BCUT2D eigenvalue weighted by atomic mass is 10.2. The van der Waals surface area contributed by atoms with Crippen molar-refractivity contribution in [3.63, 3.8) is 0 Å². The average Bonchev–Trinajstić information content (AvgIpc) is 2.37. The van der Waals surface area contributed by atoms with Gasteiger partial charge in [-0.05, 0) is 58.7 Å². The summed E-state index contributed by atoms with van der Waals surface area (Å²) in [6.07, 6.45) is 0. The van der Waals surface area contributed by atoms with Gasteiger partial charge in [0.2, 0.25) is 0 Å². The molecule has 6 heteroatoms. The molecule has 104 valence electrons. The van der Waals surface area contributed by atoms with Gasteiger partial charge in [-0.15, -0.1) is 0 Å². The molecule has 0 heterocycles. The maximum absolute atomic E-state index is 14.2. The third-order valence-electron chi connectivity index (χ3n) is 2.69. The Morgan fingerprint density at radius 3 is 2.45 bits per heavy atom. The Kier molecular flexibility index (Phi) is 4.45. The SMILES string of the molecule is Cc1cc(Br)ccc1Oc1ccc(C(=N)N)c(Br)c1F. The summed E-state index contributed by atoms with van der Waals surface area (Å²) in [4.78, 5) is 0. The number of hydrogen-bond acceptors (Lipinski definition) is 2. The summed E-state index contributed by atoms with van der Waals surface area (Å²) >= 11 is 6.45. The molecule has 0 radical (unpaired) electrons. The van der Waals surface area contributed by atoms with Gasteiger partial charge >= 0.3 is 0 Å². The highest BCUT2D eigenvalue weighted by Gasteiger charge is 2.15. The summed E-state index contributed by atoms with van der Waals surface area (Å²) in [6, 6.07) is 8.45. The highest BCUT2D eigenvalue weighted by Crippen LogP contribution is 2.33. The number of amidine groups is 1. The number of nitrogens with one attached hydrogen (secondary N) is 1. The number of halogens is 3. The number of nitrogens with two attached hydrogens (primary N) is 1. The van der Waals surface area contributed by atoms with E-state index in [2.05, 4.69) is 31.9 Å². The van der Waals surface area contributed by atoms with Crippen LogP contribution in [0.5, 0.6) is 11.5 Å². The van der Waals surface area contributed by atoms with Crippen LogP contribution in [0.15, 0.2) is 39.3 Å². The summed E-state index contributed by atoms with van der Waals surface area (Å²) < 4.78 is 20.8. The quantitative estimate of drug-likeness (QED) is 0.576. The molecule has 0 aromatic heterocycles. The first-order valence-electron chi connectivity index (χ1n) is 5.66. The molecule has 0 aliphatic rings. The Morgan fingerprint density at radius 1 is 1.20 bits per heavy atom. The molecule has 0 amide bonds. The second-order valence-electron chi connectivity index (χ2n) is 4.16. The van der Waals surface area contributed by atoms with Crippen molar-refractivity contribution in [2.45, 2.75) is 6.92 Å². The monoisotopic (exact) mass is 400 g/mol. The van der Waals surface area contributed by atoms with E-state index < -0.39 is 5.82 Å². The zero-order valence-corrected chi connectivity index (χ0v) is 13.7. The van der Waals surface area contributed by atoms with Crippen LogP contribution in [-0.4, -0.2) is 5.84 Å². The number of benzene rings is 2. The average molecular weight is 402 g/mol. The lowest BCUT2D eigenvalue weighted by Crippen LogP contribution is -2.12. The fourth-order valence-electron chi connectivity index (χ4n) is 1.66. The number of nitrogen functional groups attached to an aromatic ring is 1. The van der Waals surface area contributed by atoms with E-state index in [-0.39, 0.29) is 16.1 Å². The van der Waals surface area contributed by atoms with E-state index in [1.807, 2.05) is 19.1 Å². The normalized spacial score (nSPS) is 10.4. The minimum absolute atomic E-state index is 0.0762. The van der Waals surface area contributed by atoms with Crippen LogP contribution in [0.25, 0.3) is 0 Å². The first-order valence-corrected chi connectivity index (χ1v) is 7.25. The second kappa shape index (κ2) is 5.93. The van der Waals surface area contributed by atoms with Gasteiger partial charge in [0, 0.05) is 10.0 Å². The van der Waals surface area contributed by atoms with Crippen LogP contribution in [0.3, 0.4) is 0 Å². The smallest absolute Gasteiger partial charge is 0.180 e. The Morgan fingerprint density at radius 2 is 1.85 bits per heavy atom. The maximum Gasteiger partial charge on any atom is 0.180 e.